The number of hydrogen-bond donors (Lipinski definition) is 2. The van der Waals surface area contributed by atoms with E-state index in [9.17, 15) is 9.90 Å². The minimum atomic E-state index is -0.803. The number of carbonyl (C=O) groups is 1. The topological polar surface area (TPSA) is 75.1 Å². The fraction of sp³-hybridized carbons (Fsp3) is 0.583. The van der Waals surface area contributed by atoms with Crippen molar-refractivity contribution in [3.8, 4) is 0 Å². The number of nitrogens with zero attached hydrogens (tertiary/aromatic N) is 2. The molecule has 0 saturated carbocycles. The number of hydrogen-bond acceptors (Lipinski definition) is 5. The molecule has 0 fully saturated rings. The molecule has 0 amide bonds. The van der Waals surface area contributed by atoms with E-state index >= 15 is 0 Å². The van der Waals surface area contributed by atoms with Gasteiger partial charge < -0.3 is 10.4 Å². The minimum absolute atomic E-state index is 0.578. The van der Waals surface area contributed by atoms with E-state index in [4.69, 9.17) is 0 Å². The highest BCUT2D eigenvalue weighted by Gasteiger charge is 2.33. The Hall–Kier alpha value is -1.14. The van der Waals surface area contributed by atoms with Crippen molar-refractivity contribution in [1.29, 1.82) is 0 Å². The van der Waals surface area contributed by atoms with Crippen LogP contribution in [0.25, 0.3) is 0 Å². The first-order valence-corrected chi connectivity index (χ1v) is 6.94. The van der Waals surface area contributed by atoms with Crippen molar-refractivity contribution in [3.63, 3.8) is 0 Å². The molecule has 1 unspecified atom stereocenters. The van der Waals surface area contributed by atoms with Crippen LogP contribution in [0.4, 0.5) is 0 Å². The number of carboxylic acids is 1. The molecular formula is C12H19N3O2S. The Morgan fingerprint density at radius 2 is 2.33 bits per heavy atom. The summed E-state index contributed by atoms with van der Waals surface area (Å²) in [7, 11) is 1.70. The molecule has 18 heavy (non-hydrogen) atoms. The highest BCUT2D eigenvalue weighted by Crippen LogP contribution is 2.21. The third kappa shape index (κ3) is 3.96. The third-order valence-electron chi connectivity index (χ3n) is 3.03. The summed E-state index contributed by atoms with van der Waals surface area (Å²) in [4.78, 5) is 19.4. The lowest BCUT2D eigenvalue weighted by atomic mass is 9.91. The van der Waals surface area contributed by atoms with Gasteiger partial charge in [-0.1, -0.05) is 6.92 Å². The van der Waals surface area contributed by atoms with Crippen LogP contribution in [-0.2, 0) is 4.79 Å². The van der Waals surface area contributed by atoms with Gasteiger partial charge in [0.05, 0.1) is 6.20 Å². The number of rotatable bonds is 8. The molecule has 0 spiro atoms. The van der Waals surface area contributed by atoms with E-state index in [0.29, 0.717) is 12.8 Å². The molecular weight excluding hydrogens is 250 g/mol. The number of carboxylic acid groups (broad SMARTS) is 1. The quantitative estimate of drug-likeness (QED) is 0.553. The Kier molecular flexibility index (Phi) is 6.07. The zero-order valence-electron chi connectivity index (χ0n) is 10.7. The second kappa shape index (κ2) is 7.33. The van der Waals surface area contributed by atoms with Crippen LogP contribution in [-0.4, -0.2) is 39.4 Å². The zero-order chi connectivity index (χ0) is 13.4. The van der Waals surface area contributed by atoms with Crippen LogP contribution in [0.1, 0.15) is 26.2 Å². The number of aromatic nitrogens is 2. The molecule has 1 rings (SSSR count). The fourth-order valence-corrected chi connectivity index (χ4v) is 2.52. The van der Waals surface area contributed by atoms with E-state index < -0.39 is 11.5 Å². The van der Waals surface area contributed by atoms with Crippen molar-refractivity contribution in [3.05, 3.63) is 18.6 Å². The van der Waals surface area contributed by atoms with Gasteiger partial charge in [0.25, 0.3) is 0 Å². The maximum absolute atomic E-state index is 11.3. The minimum Gasteiger partial charge on any atom is -0.480 e. The predicted molar refractivity (Wildman–Crippen MR) is 71.7 cm³/mol. The molecule has 1 atom stereocenters. The van der Waals surface area contributed by atoms with Gasteiger partial charge in [-0.05, 0) is 32.1 Å². The molecule has 0 aliphatic carbocycles. The highest BCUT2D eigenvalue weighted by molar-refractivity contribution is 7.99. The maximum atomic E-state index is 11.3. The van der Waals surface area contributed by atoms with Gasteiger partial charge >= 0.3 is 5.97 Å². The summed E-state index contributed by atoms with van der Waals surface area (Å²) in [6, 6.07) is 0. The Morgan fingerprint density at radius 1 is 1.56 bits per heavy atom. The van der Waals surface area contributed by atoms with Crippen LogP contribution >= 0.6 is 11.8 Å². The van der Waals surface area contributed by atoms with Crippen LogP contribution in [0.3, 0.4) is 0 Å². The standard InChI is InChI=1S/C12H19N3O2S/c1-3-12(13-2,11(16)17)5-4-8-18-10-9-14-6-7-15-10/h6-7,9,13H,3-5,8H2,1-2H3,(H,16,17). The maximum Gasteiger partial charge on any atom is 0.323 e. The van der Waals surface area contributed by atoms with E-state index in [-0.39, 0.29) is 0 Å². The lowest BCUT2D eigenvalue weighted by molar-refractivity contribution is -0.145. The predicted octanol–water partition coefficient (Wildman–Crippen LogP) is 1.80. The lowest BCUT2D eigenvalue weighted by Gasteiger charge is -2.27. The highest BCUT2D eigenvalue weighted by atomic mass is 32.2. The Labute approximate surface area is 111 Å². The van der Waals surface area contributed by atoms with Gasteiger partial charge in [0.15, 0.2) is 0 Å². The monoisotopic (exact) mass is 269 g/mol. The van der Waals surface area contributed by atoms with E-state index in [1.54, 1.807) is 37.4 Å². The fourth-order valence-electron chi connectivity index (χ4n) is 1.75. The molecule has 0 radical (unpaired) electrons. The first kappa shape index (κ1) is 14.9. The molecule has 0 aliphatic rings. The van der Waals surface area contributed by atoms with Gasteiger partial charge in [-0.15, -0.1) is 11.8 Å². The first-order valence-electron chi connectivity index (χ1n) is 5.95. The molecule has 6 heteroatoms. The average Bonchev–Trinajstić information content (AvgIpc) is 2.40. The second-order valence-corrected chi connectivity index (χ2v) is 5.10. The summed E-state index contributed by atoms with van der Waals surface area (Å²) < 4.78 is 0. The Morgan fingerprint density at radius 3 is 2.83 bits per heavy atom. The van der Waals surface area contributed by atoms with Crippen LogP contribution in [0.15, 0.2) is 23.6 Å². The van der Waals surface area contributed by atoms with Gasteiger partial charge in [0.1, 0.15) is 10.6 Å². The Bertz CT molecular complexity index is 369. The SMILES string of the molecule is CCC(CCCSc1cnccn1)(NC)C(=O)O. The molecule has 0 aliphatic heterocycles. The van der Waals surface area contributed by atoms with Crippen molar-refractivity contribution in [2.24, 2.45) is 0 Å². The summed E-state index contributed by atoms with van der Waals surface area (Å²) in [5.74, 6) is 0.0621. The van der Waals surface area contributed by atoms with Gasteiger partial charge in [-0.25, -0.2) is 4.98 Å². The van der Waals surface area contributed by atoms with Crippen LogP contribution < -0.4 is 5.32 Å². The van der Waals surface area contributed by atoms with Crippen LogP contribution in [0.2, 0.25) is 0 Å². The molecule has 0 saturated heterocycles. The van der Waals surface area contributed by atoms with Gasteiger partial charge in [-0.3, -0.25) is 9.78 Å². The number of aliphatic carboxylic acids is 1. The van der Waals surface area contributed by atoms with E-state index in [1.165, 1.54) is 0 Å². The van der Waals surface area contributed by atoms with Gasteiger partial charge in [-0.2, -0.15) is 0 Å². The molecule has 0 bridgehead atoms. The molecule has 1 heterocycles. The largest absolute Gasteiger partial charge is 0.480 e. The zero-order valence-corrected chi connectivity index (χ0v) is 11.5. The third-order valence-corrected chi connectivity index (χ3v) is 4.03. The molecule has 2 N–H and O–H groups in total. The normalized spacial score (nSPS) is 14.1. The van der Waals surface area contributed by atoms with E-state index in [1.807, 2.05) is 6.92 Å². The number of thioether (sulfide) groups is 1. The van der Waals surface area contributed by atoms with Crippen molar-refractivity contribution >= 4 is 17.7 Å². The summed E-state index contributed by atoms with van der Waals surface area (Å²) in [6.45, 7) is 1.89. The molecule has 1 aromatic rings. The van der Waals surface area contributed by atoms with Crippen molar-refractivity contribution in [2.75, 3.05) is 12.8 Å². The molecule has 100 valence electrons. The second-order valence-electron chi connectivity index (χ2n) is 3.99. The van der Waals surface area contributed by atoms with E-state index in [0.717, 1.165) is 17.2 Å². The molecule has 5 nitrogen and oxygen atoms in total. The van der Waals surface area contributed by atoms with Crippen molar-refractivity contribution < 1.29 is 9.90 Å². The summed E-state index contributed by atoms with van der Waals surface area (Å²) in [5.41, 5.74) is -0.803. The van der Waals surface area contributed by atoms with E-state index in [2.05, 4.69) is 15.3 Å². The summed E-state index contributed by atoms with van der Waals surface area (Å²) >= 11 is 1.60. The lowest BCUT2D eigenvalue weighted by Crippen LogP contribution is -2.49. The first-order chi connectivity index (χ1) is 8.64. The average molecular weight is 269 g/mol. The van der Waals surface area contributed by atoms with Crippen molar-refractivity contribution in [1.82, 2.24) is 15.3 Å². The Balaban J connectivity index is 2.38. The van der Waals surface area contributed by atoms with Gasteiger partial charge in [0, 0.05) is 12.4 Å². The smallest absolute Gasteiger partial charge is 0.323 e. The number of likely N-dealkylation sites (N-methyl/N-ethyl adjacent to an activating group) is 1. The summed E-state index contributed by atoms with van der Waals surface area (Å²) in [6.07, 6.45) is 7.02. The van der Waals surface area contributed by atoms with Gasteiger partial charge in [0.2, 0.25) is 0 Å². The summed E-state index contributed by atoms with van der Waals surface area (Å²) in [5, 5.41) is 13.0. The molecule has 0 aromatic carbocycles. The van der Waals surface area contributed by atoms with Crippen molar-refractivity contribution in [2.45, 2.75) is 36.8 Å². The molecule has 1 aromatic heterocycles. The van der Waals surface area contributed by atoms with Crippen LogP contribution in [0.5, 0.6) is 0 Å². The number of nitrogens with one attached hydrogen (secondary N) is 1. The van der Waals surface area contributed by atoms with Crippen LogP contribution in [0, 0.1) is 0 Å².